The lowest BCUT2D eigenvalue weighted by atomic mass is 10.0. The summed E-state index contributed by atoms with van der Waals surface area (Å²) in [6.07, 6.45) is 6.51. The fourth-order valence-corrected chi connectivity index (χ4v) is 12.8. The minimum atomic E-state index is -3.66. The standard InChI is InChI=1S/C24H27N5O3S.C24H26N4O3S/c1-17-12-21(13-18(2)26-17)27-8-10-28(11-9-27)24(30)20-15-29(16-20)33(31,32)23-5-3-4-19-14-25-7-6-22(19)23;1-18-5-2-3-7-22(18)26-11-13-27(14-12-26)24(29)20-16-28(17-20)32(30,31)23-8-4-6-19-15-25-10-9-21(19)23/h3-7,12-14,20H,8-11,15-16H2,1-2H3;2-10,15,20H,11-14,16-17H2,1H3. The highest BCUT2D eigenvalue weighted by Gasteiger charge is 2.44. The van der Waals surface area contributed by atoms with Crippen LogP contribution in [0, 0.1) is 32.6 Å². The normalized spacial score (nSPS) is 18.0. The number of anilines is 2. The number of amides is 2. The van der Waals surface area contributed by atoms with Crippen molar-refractivity contribution in [3.8, 4) is 0 Å². The van der Waals surface area contributed by atoms with Gasteiger partial charge in [-0.25, -0.2) is 16.8 Å². The molecule has 4 saturated heterocycles. The maximum absolute atomic E-state index is 13.2. The monoisotopic (exact) mass is 915 g/mol. The second kappa shape index (κ2) is 18.1. The number of rotatable bonds is 8. The van der Waals surface area contributed by atoms with E-state index in [2.05, 4.69) is 55.9 Å². The SMILES string of the molecule is Cc1cc(N2CCN(C(=O)C3CN(S(=O)(=O)c4cccc5cnccc45)C3)CC2)cc(C)n1.Cc1ccccc1N1CCN(C(=O)C2CN(S(=O)(=O)c3cccc4cnccc34)C2)CC1. The number of hydrogen-bond donors (Lipinski definition) is 0. The summed E-state index contributed by atoms with van der Waals surface area (Å²) in [6.45, 7) is 12.7. The minimum Gasteiger partial charge on any atom is -0.368 e. The number of sulfonamides is 2. The van der Waals surface area contributed by atoms with Crippen LogP contribution in [-0.2, 0) is 29.6 Å². The van der Waals surface area contributed by atoms with E-state index >= 15 is 0 Å². The van der Waals surface area contributed by atoms with Gasteiger partial charge in [0, 0.05) is 148 Å². The van der Waals surface area contributed by atoms with E-state index in [0.717, 1.165) is 54.0 Å². The van der Waals surface area contributed by atoms with E-state index < -0.39 is 20.0 Å². The first-order valence-corrected chi connectivity index (χ1v) is 24.9. The number of carbonyl (C=O) groups excluding carboxylic acids is 2. The summed E-state index contributed by atoms with van der Waals surface area (Å²) in [5.74, 6) is -0.451. The van der Waals surface area contributed by atoms with Crippen LogP contribution in [0.4, 0.5) is 11.4 Å². The van der Waals surface area contributed by atoms with E-state index in [9.17, 15) is 26.4 Å². The number of hydrogen-bond acceptors (Lipinski definition) is 11. The molecule has 4 aliphatic heterocycles. The predicted octanol–water partition coefficient (Wildman–Crippen LogP) is 4.73. The summed E-state index contributed by atoms with van der Waals surface area (Å²) in [7, 11) is -7.31. The van der Waals surface area contributed by atoms with Crippen molar-refractivity contribution in [2.24, 2.45) is 11.8 Å². The first kappa shape index (κ1) is 44.2. The number of aromatic nitrogens is 3. The maximum atomic E-state index is 13.2. The van der Waals surface area contributed by atoms with Crippen LogP contribution in [0.25, 0.3) is 21.5 Å². The summed E-state index contributed by atoms with van der Waals surface area (Å²) in [5, 5.41) is 2.88. The van der Waals surface area contributed by atoms with Gasteiger partial charge in [-0.15, -0.1) is 0 Å². The molecule has 4 fully saturated rings. The van der Waals surface area contributed by atoms with Crippen molar-refractivity contribution in [1.29, 1.82) is 0 Å². The van der Waals surface area contributed by atoms with Gasteiger partial charge in [0.2, 0.25) is 31.9 Å². The van der Waals surface area contributed by atoms with E-state index in [0.29, 0.717) is 37.0 Å². The minimum absolute atomic E-state index is 0.0466. The number of para-hydroxylation sites is 1. The molecule has 3 aromatic heterocycles. The fourth-order valence-electron chi connectivity index (χ4n) is 9.28. The van der Waals surface area contributed by atoms with Gasteiger partial charge in [0.25, 0.3) is 0 Å². The highest BCUT2D eigenvalue weighted by atomic mass is 32.2. The lowest BCUT2D eigenvalue weighted by Gasteiger charge is -2.42. The Hall–Kier alpha value is -6.01. The van der Waals surface area contributed by atoms with Crippen molar-refractivity contribution in [2.45, 2.75) is 30.6 Å². The highest BCUT2D eigenvalue weighted by molar-refractivity contribution is 7.89. The molecule has 2 amide bonds. The zero-order valence-corrected chi connectivity index (χ0v) is 38.5. The molecule has 4 aliphatic rings. The van der Waals surface area contributed by atoms with Crippen LogP contribution >= 0.6 is 0 Å². The molecule has 338 valence electrons. The number of nitrogens with zero attached hydrogens (tertiary/aromatic N) is 9. The van der Waals surface area contributed by atoms with Crippen molar-refractivity contribution in [1.82, 2.24) is 33.4 Å². The molecule has 0 radical (unpaired) electrons. The quantitative estimate of drug-likeness (QED) is 0.208. The molecule has 7 heterocycles. The topological polar surface area (TPSA) is 161 Å². The number of fused-ring (bicyclic) bond motifs is 2. The molecule has 15 nitrogen and oxygen atoms in total. The third-order valence-electron chi connectivity index (χ3n) is 13.0. The van der Waals surface area contributed by atoms with Crippen molar-refractivity contribution >= 4 is 64.8 Å². The van der Waals surface area contributed by atoms with Crippen LogP contribution in [0.1, 0.15) is 17.0 Å². The molecule has 0 unspecified atom stereocenters. The Labute approximate surface area is 380 Å². The average molecular weight is 916 g/mol. The van der Waals surface area contributed by atoms with Crippen molar-refractivity contribution in [2.75, 3.05) is 88.3 Å². The van der Waals surface area contributed by atoms with Crippen LogP contribution in [-0.4, -0.2) is 141 Å². The number of pyridine rings is 3. The van der Waals surface area contributed by atoms with Crippen molar-refractivity contribution < 1.29 is 26.4 Å². The van der Waals surface area contributed by atoms with Crippen LogP contribution in [0.5, 0.6) is 0 Å². The summed E-state index contributed by atoms with van der Waals surface area (Å²) < 4.78 is 55.6. The lowest BCUT2D eigenvalue weighted by molar-refractivity contribution is -0.140. The van der Waals surface area contributed by atoms with Crippen LogP contribution < -0.4 is 9.80 Å². The van der Waals surface area contributed by atoms with Gasteiger partial charge in [0.1, 0.15) is 0 Å². The second-order valence-electron chi connectivity index (χ2n) is 17.3. The molecule has 3 aromatic carbocycles. The molecule has 0 bridgehead atoms. The largest absolute Gasteiger partial charge is 0.368 e. The summed E-state index contributed by atoms with van der Waals surface area (Å²) in [6, 6.07) is 26.3. The molecule has 65 heavy (non-hydrogen) atoms. The van der Waals surface area contributed by atoms with Gasteiger partial charge in [-0.1, -0.05) is 42.5 Å². The molecule has 6 aromatic rings. The van der Waals surface area contributed by atoms with E-state index in [1.807, 2.05) is 47.9 Å². The van der Waals surface area contributed by atoms with E-state index in [-0.39, 0.29) is 59.6 Å². The van der Waals surface area contributed by atoms with E-state index in [4.69, 9.17) is 0 Å². The molecule has 0 N–H and O–H groups in total. The van der Waals surface area contributed by atoms with Gasteiger partial charge >= 0.3 is 0 Å². The van der Waals surface area contributed by atoms with Crippen molar-refractivity contribution in [3.63, 3.8) is 0 Å². The smallest absolute Gasteiger partial charge is 0.243 e. The zero-order chi connectivity index (χ0) is 45.5. The van der Waals surface area contributed by atoms with Crippen LogP contribution in [0.3, 0.4) is 0 Å². The summed E-state index contributed by atoms with van der Waals surface area (Å²) >= 11 is 0. The molecule has 17 heteroatoms. The third kappa shape index (κ3) is 8.89. The number of carbonyl (C=O) groups is 2. The summed E-state index contributed by atoms with van der Waals surface area (Å²) in [5.41, 5.74) is 5.56. The van der Waals surface area contributed by atoms with Gasteiger partial charge < -0.3 is 19.6 Å². The van der Waals surface area contributed by atoms with Gasteiger partial charge in [0.15, 0.2) is 0 Å². The first-order valence-electron chi connectivity index (χ1n) is 22.0. The fraction of sp³-hybridized carbons (Fsp3) is 0.354. The van der Waals surface area contributed by atoms with Gasteiger partial charge in [-0.05, 0) is 68.8 Å². The molecular formula is C48H53N9O6S2. The zero-order valence-electron chi connectivity index (χ0n) is 36.8. The second-order valence-corrected chi connectivity index (χ2v) is 21.1. The Balaban J connectivity index is 0.000000164. The third-order valence-corrected chi connectivity index (χ3v) is 16.8. The Morgan fingerprint density at radius 2 is 0.985 bits per heavy atom. The van der Waals surface area contributed by atoms with Crippen LogP contribution in [0.15, 0.2) is 120 Å². The predicted molar refractivity (Wildman–Crippen MR) is 250 cm³/mol. The van der Waals surface area contributed by atoms with Crippen molar-refractivity contribution in [3.05, 3.63) is 127 Å². The lowest BCUT2D eigenvalue weighted by Crippen LogP contribution is -2.59. The molecule has 0 atom stereocenters. The van der Waals surface area contributed by atoms with Gasteiger partial charge in [-0.3, -0.25) is 24.5 Å². The Bertz CT molecular complexity index is 2950. The molecular weight excluding hydrogens is 863 g/mol. The van der Waals surface area contributed by atoms with Crippen LogP contribution in [0.2, 0.25) is 0 Å². The Morgan fingerprint density at radius 1 is 0.538 bits per heavy atom. The number of piperazine rings is 2. The molecule has 10 rings (SSSR count). The van der Waals surface area contributed by atoms with Gasteiger partial charge in [-0.2, -0.15) is 8.61 Å². The molecule has 0 aliphatic carbocycles. The molecule has 0 saturated carbocycles. The van der Waals surface area contributed by atoms with E-state index in [1.165, 1.54) is 19.9 Å². The summed E-state index contributed by atoms with van der Waals surface area (Å²) in [4.78, 5) is 47.5. The van der Waals surface area contributed by atoms with E-state index in [1.54, 1.807) is 61.2 Å². The maximum Gasteiger partial charge on any atom is 0.243 e. The average Bonchev–Trinajstić information content (AvgIpc) is 3.27. The number of aryl methyl sites for hydroxylation is 3. The Morgan fingerprint density at radius 3 is 1.45 bits per heavy atom. The van der Waals surface area contributed by atoms with Gasteiger partial charge in [0.05, 0.1) is 21.6 Å². The highest BCUT2D eigenvalue weighted by Crippen LogP contribution is 2.33. The first-order chi connectivity index (χ1) is 31.3. The number of benzene rings is 3. The Kier molecular flexibility index (Phi) is 12.3. The molecule has 0 spiro atoms.